The number of pyridine rings is 1. The number of aryl methyl sites for hydroxylation is 1. The molecule has 2 heterocycles. The fraction of sp³-hybridized carbons (Fsp3) is 0.560. The van der Waals surface area contributed by atoms with Crippen molar-refractivity contribution >= 4 is 23.3 Å². The predicted molar refractivity (Wildman–Crippen MR) is 121 cm³/mol. The Morgan fingerprint density at radius 1 is 1.29 bits per heavy atom. The summed E-state index contributed by atoms with van der Waals surface area (Å²) in [6.07, 6.45) is 6.86. The zero-order chi connectivity index (χ0) is 22.4. The van der Waals surface area contributed by atoms with E-state index < -0.39 is 5.60 Å². The molecule has 0 unspecified atom stereocenters. The van der Waals surface area contributed by atoms with Gasteiger partial charge in [0.15, 0.2) is 0 Å². The molecule has 1 aliphatic heterocycles. The van der Waals surface area contributed by atoms with E-state index in [1.807, 2.05) is 39.0 Å². The lowest BCUT2D eigenvalue weighted by atomic mass is 9.80. The van der Waals surface area contributed by atoms with Crippen LogP contribution in [0, 0.1) is 11.8 Å². The van der Waals surface area contributed by atoms with Gasteiger partial charge in [-0.05, 0) is 76.0 Å². The van der Waals surface area contributed by atoms with Gasteiger partial charge in [-0.15, -0.1) is 0 Å². The number of methoxy groups -OCH3 is 1. The van der Waals surface area contributed by atoms with Gasteiger partial charge in [-0.3, -0.25) is 4.98 Å². The van der Waals surface area contributed by atoms with Crippen molar-refractivity contribution in [3.8, 4) is 5.75 Å². The molecular weight excluding hydrogens is 392 g/mol. The number of hydrogen-bond donors (Lipinski definition) is 0. The average molecular weight is 427 g/mol. The first-order valence-corrected chi connectivity index (χ1v) is 11.1. The van der Waals surface area contributed by atoms with Crippen molar-refractivity contribution in [2.75, 3.05) is 20.2 Å². The monoisotopic (exact) mass is 426 g/mol. The van der Waals surface area contributed by atoms with Crippen LogP contribution >= 0.6 is 0 Å². The minimum atomic E-state index is -0.510. The van der Waals surface area contributed by atoms with Crippen LogP contribution in [0.5, 0.6) is 5.75 Å². The molecule has 1 aliphatic rings. The highest BCUT2D eigenvalue weighted by molar-refractivity contribution is 5.83. The second-order valence-electron chi connectivity index (χ2n) is 9.39. The number of carbonyl (C=O) groups is 2. The fourth-order valence-electron chi connectivity index (χ4n) is 4.42. The van der Waals surface area contributed by atoms with Crippen molar-refractivity contribution in [3.63, 3.8) is 0 Å². The number of hydrogen-bond acceptors (Lipinski definition) is 5. The van der Waals surface area contributed by atoms with E-state index in [9.17, 15) is 9.59 Å². The van der Waals surface area contributed by atoms with Crippen molar-refractivity contribution in [1.82, 2.24) is 9.88 Å². The van der Waals surface area contributed by atoms with Crippen molar-refractivity contribution in [1.29, 1.82) is 0 Å². The average Bonchev–Trinajstić information content (AvgIpc) is 2.73. The zero-order valence-corrected chi connectivity index (χ0v) is 19.1. The maximum absolute atomic E-state index is 12.4. The molecular formula is C25H34N2O4. The summed E-state index contributed by atoms with van der Waals surface area (Å²) in [5, 5.41) is 1.13. The van der Waals surface area contributed by atoms with Gasteiger partial charge < -0.3 is 19.2 Å². The normalized spacial score (nSPS) is 19.3. The summed E-state index contributed by atoms with van der Waals surface area (Å²) in [6, 6.07) is 8.26. The lowest BCUT2D eigenvalue weighted by molar-refractivity contribution is -0.109. The maximum atomic E-state index is 12.4. The van der Waals surface area contributed by atoms with Crippen molar-refractivity contribution in [2.45, 2.75) is 58.5 Å². The minimum Gasteiger partial charge on any atom is -0.495 e. The Morgan fingerprint density at radius 2 is 2.10 bits per heavy atom. The summed E-state index contributed by atoms with van der Waals surface area (Å²) in [7, 11) is 1.66. The standard InChI is InChI=1S/C25H34N2O4/c1-25(2,3)31-24(29)27-13-11-18(20(17-27)12-14-28)7-5-8-19-9-6-10-23-22(19)15-21(30-4)16-26-23/h6,9-10,14-16,18,20H,5,7-8,11-13,17H2,1-4H3/t18-,20+/m1/s1. The fourth-order valence-corrected chi connectivity index (χ4v) is 4.42. The van der Waals surface area contributed by atoms with E-state index in [-0.39, 0.29) is 12.0 Å². The second-order valence-corrected chi connectivity index (χ2v) is 9.39. The first-order valence-electron chi connectivity index (χ1n) is 11.1. The Labute approximate surface area is 184 Å². The van der Waals surface area contributed by atoms with Crippen LogP contribution in [0.15, 0.2) is 30.5 Å². The van der Waals surface area contributed by atoms with Crippen LogP contribution in [-0.2, 0) is 16.0 Å². The number of piperidine rings is 1. The molecule has 0 saturated carbocycles. The van der Waals surface area contributed by atoms with E-state index >= 15 is 0 Å². The van der Waals surface area contributed by atoms with Crippen molar-refractivity contribution in [2.24, 2.45) is 11.8 Å². The zero-order valence-electron chi connectivity index (χ0n) is 19.1. The van der Waals surface area contributed by atoms with Crippen LogP contribution in [0.4, 0.5) is 4.79 Å². The minimum absolute atomic E-state index is 0.188. The Balaban J connectivity index is 1.61. The van der Waals surface area contributed by atoms with Crippen LogP contribution in [0.3, 0.4) is 0 Å². The number of amides is 1. The number of rotatable bonds is 7. The first-order chi connectivity index (χ1) is 14.8. The van der Waals surface area contributed by atoms with Crippen LogP contribution in [0.2, 0.25) is 0 Å². The summed E-state index contributed by atoms with van der Waals surface area (Å²) < 4.78 is 10.9. The molecule has 0 radical (unpaired) electrons. The largest absolute Gasteiger partial charge is 0.495 e. The number of nitrogens with zero attached hydrogens (tertiary/aromatic N) is 2. The highest BCUT2D eigenvalue weighted by Gasteiger charge is 2.33. The topological polar surface area (TPSA) is 68.7 Å². The molecule has 6 nitrogen and oxygen atoms in total. The highest BCUT2D eigenvalue weighted by atomic mass is 16.6. The van der Waals surface area contributed by atoms with Crippen LogP contribution < -0.4 is 4.74 Å². The molecule has 3 rings (SSSR count). The second kappa shape index (κ2) is 10.1. The molecule has 2 atom stereocenters. The molecule has 0 aliphatic carbocycles. The molecule has 2 aromatic rings. The smallest absolute Gasteiger partial charge is 0.410 e. The summed E-state index contributed by atoms with van der Waals surface area (Å²) >= 11 is 0. The van der Waals surface area contributed by atoms with Gasteiger partial charge in [0.25, 0.3) is 0 Å². The third kappa shape index (κ3) is 6.18. The van der Waals surface area contributed by atoms with Crippen LogP contribution in [-0.4, -0.2) is 48.1 Å². The Morgan fingerprint density at radius 3 is 2.81 bits per heavy atom. The lowest BCUT2D eigenvalue weighted by Crippen LogP contribution is -2.46. The van der Waals surface area contributed by atoms with Crippen LogP contribution in [0.1, 0.15) is 52.0 Å². The number of aromatic nitrogens is 1. The quantitative estimate of drug-likeness (QED) is 0.581. The summed E-state index contributed by atoms with van der Waals surface area (Å²) in [5.41, 5.74) is 1.73. The SMILES string of the molecule is COc1cnc2cccc(CCC[C@@H]3CCN(C(=O)OC(C)(C)C)C[C@@H]3CC=O)c2c1. The van der Waals surface area contributed by atoms with Gasteiger partial charge in [0.05, 0.1) is 18.8 Å². The Hall–Kier alpha value is -2.63. The lowest BCUT2D eigenvalue weighted by Gasteiger charge is -2.38. The number of likely N-dealkylation sites (tertiary alicyclic amines) is 1. The predicted octanol–water partition coefficient (Wildman–Crippen LogP) is 5.03. The number of benzene rings is 1. The third-order valence-corrected chi connectivity index (χ3v) is 5.99. The first kappa shape index (κ1) is 23.0. The van der Waals surface area contributed by atoms with E-state index in [1.54, 1.807) is 18.2 Å². The molecule has 1 saturated heterocycles. The molecule has 1 fully saturated rings. The number of fused-ring (bicyclic) bond motifs is 1. The van der Waals surface area contributed by atoms with Gasteiger partial charge in [-0.25, -0.2) is 4.79 Å². The van der Waals surface area contributed by atoms with E-state index in [2.05, 4.69) is 11.1 Å². The van der Waals surface area contributed by atoms with Gasteiger partial charge in [0.1, 0.15) is 17.6 Å². The molecule has 1 aromatic carbocycles. The van der Waals surface area contributed by atoms with Crippen molar-refractivity contribution < 1.29 is 19.1 Å². The summed E-state index contributed by atoms with van der Waals surface area (Å²) in [5.74, 6) is 1.39. The molecule has 31 heavy (non-hydrogen) atoms. The van der Waals surface area contributed by atoms with E-state index in [1.165, 1.54) is 5.56 Å². The molecule has 0 N–H and O–H groups in total. The number of carbonyl (C=O) groups excluding carboxylic acids is 2. The van der Waals surface area contributed by atoms with E-state index in [0.717, 1.165) is 48.6 Å². The van der Waals surface area contributed by atoms with E-state index in [4.69, 9.17) is 9.47 Å². The summed E-state index contributed by atoms with van der Waals surface area (Å²) in [4.78, 5) is 30.0. The molecule has 168 valence electrons. The van der Waals surface area contributed by atoms with E-state index in [0.29, 0.717) is 25.4 Å². The highest BCUT2D eigenvalue weighted by Crippen LogP contribution is 2.31. The molecule has 0 spiro atoms. The maximum Gasteiger partial charge on any atom is 0.410 e. The molecule has 6 heteroatoms. The molecule has 1 aromatic heterocycles. The molecule has 1 amide bonds. The van der Waals surface area contributed by atoms with Gasteiger partial charge in [-0.1, -0.05) is 12.1 Å². The summed E-state index contributed by atoms with van der Waals surface area (Å²) in [6.45, 7) is 6.90. The van der Waals surface area contributed by atoms with Gasteiger partial charge in [0, 0.05) is 24.9 Å². The van der Waals surface area contributed by atoms with Crippen LogP contribution in [0.25, 0.3) is 10.9 Å². The number of aldehydes is 1. The third-order valence-electron chi connectivity index (χ3n) is 5.99. The molecule has 0 bridgehead atoms. The van der Waals surface area contributed by atoms with Gasteiger partial charge in [0.2, 0.25) is 0 Å². The number of ether oxygens (including phenoxy) is 2. The van der Waals surface area contributed by atoms with Gasteiger partial charge >= 0.3 is 6.09 Å². The Kier molecular flexibility index (Phi) is 7.52. The van der Waals surface area contributed by atoms with Crippen molar-refractivity contribution in [3.05, 3.63) is 36.0 Å². The Bertz CT molecular complexity index is 906. The van der Waals surface area contributed by atoms with Gasteiger partial charge in [-0.2, -0.15) is 0 Å².